The molecule has 0 spiro atoms. The van der Waals surface area contributed by atoms with Gasteiger partial charge in [0.2, 0.25) is 0 Å². The minimum absolute atomic E-state index is 0.0343. The normalized spacial score (nSPS) is 22.1. The van der Waals surface area contributed by atoms with E-state index < -0.39 is 11.9 Å². The quantitative estimate of drug-likeness (QED) is 0.379. The highest BCUT2D eigenvalue weighted by Gasteiger charge is 2.52. The van der Waals surface area contributed by atoms with Crippen molar-refractivity contribution in [2.75, 3.05) is 18.5 Å². The van der Waals surface area contributed by atoms with Crippen molar-refractivity contribution in [3.8, 4) is 11.8 Å². The number of anilines is 1. The Hall–Kier alpha value is -4.25. The van der Waals surface area contributed by atoms with Gasteiger partial charge in [0.15, 0.2) is 6.04 Å². The van der Waals surface area contributed by atoms with Crippen molar-refractivity contribution in [2.24, 2.45) is 5.73 Å². The van der Waals surface area contributed by atoms with E-state index in [9.17, 15) is 14.4 Å². The molecule has 2 aliphatic rings. The molecular weight excluding hydrogens is 490 g/mol. The predicted octanol–water partition coefficient (Wildman–Crippen LogP) is 3.93. The summed E-state index contributed by atoms with van der Waals surface area (Å²) in [4.78, 5) is 38.4. The van der Waals surface area contributed by atoms with E-state index in [2.05, 4.69) is 17.2 Å². The SMILES string of the molecule is NC(=O)[C@@H]1CCC[N+]1(C(=O)Cc1ccccc1)c1ccc(C#Cc2ccc(NC(=O)[C@H]3CCCO3)cc2)cc1. The van der Waals surface area contributed by atoms with Crippen molar-refractivity contribution < 1.29 is 19.1 Å². The maximum Gasteiger partial charge on any atom is 0.323 e. The molecule has 198 valence electrons. The second kappa shape index (κ2) is 11.6. The number of nitrogens with one attached hydrogen (secondary N) is 1. The summed E-state index contributed by atoms with van der Waals surface area (Å²) < 4.78 is 5.37. The van der Waals surface area contributed by atoms with Gasteiger partial charge < -0.3 is 15.8 Å². The number of carbonyl (C=O) groups excluding carboxylic acids is 3. The molecule has 2 aliphatic heterocycles. The number of quaternary nitrogens is 1. The van der Waals surface area contributed by atoms with Crippen LogP contribution in [0, 0.1) is 11.8 Å². The van der Waals surface area contributed by atoms with Gasteiger partial charge in [-0.15, -0.1) is 0 Å². The second-order valence-corrected chi connectivity index (χ2v) is 10.1. The van der Waals surface area contributed by atoms with E-state index in [1.54, 1.807) is 0 Å². The van der Waals surface area contributed by atoms with Crippen LogP contribution in [0.5, 0.6) is 0 Å². The molecular formula is C32H32N3O4+. The van der Waals surface area contributed by atoms with Crippen LogP contribution in [0.2, 0.25) is 0 Å². The van der Waals surface area contributed by atoms with E-state index in [0.29, 0.717) is 25.3 Å². The molecule has 0 saturated carbocycles. The lowest BCUT2D eigenvalue weighted by molar-refractivity contribution is -0.135. The fourth-order valence-electron chi connectivity index (χ4n) is 5.53. The average Bonchev–Trinajstić information content (AvgIpc) is 3.65. The van der Waals surface area contributed by atoms with Crippen LogP contribution in [0.3, 0.4) is 0 Å². The molecule has 2 heterocycles. The molecule has 0 aromatic heterocycles. The number of carbonyl (C=O) groups is 3. The van der Waals surface area contributed by atoms with Crippen molar-refractivity contribution in [3.05, 3.63) is 95.6 Å². The van der Waals surface area contributed by atoms with Crippen molar-refractivity contribution in [3.63, 3.8) is 0 Å². The van der Waals surface area contributed by atoms with Gasteiger partial charge in [-0.1, -0.05) is 42.2 Å². The standard InChI is InChI=1S/C32H31N3O4/c33-31(37)28-8-4-20-35(28,30(36)22-25-6-2-1-3-7-25)27-18-14-24(15-19-27)11-10-23-12-16-26(17-13-23)34-32(38)29-9-5-21-39-29/h1-3,6-7,12-19,28-29H,4-5,8-9,20-22H2,(H2-,33,34,37,38)/p+1/t28-,29+,35?/m0/s1. The average molecular weight is 523 g/mol. The topological polar surface area (TPSA) is 98.5 Å². The van der Waals surface area contributed by atoms with E-state index in [0.717, 1.165) is 41.6 Å². The van der Waals surface area contributed by atoms with E-state index in [1.807, 2.05) is 78.9 Å². The molecule has 0 bridgehead atoms. The highest BCUT2D eigenvalue weighted by Crippen LogP contribution is 2.36. The first-order chi connectivity index (χ1) is 19.0. The third-order valence-electron chi connectivity index (χ3n) is 7.55. The minimum atomic E-state index is -0.586. The second-order valence-electron chi connectivity index (χ2n) is 10.1. The van der Waals surface area contributed by atoms with Crippen LogP contribution in [-0.4, -0.2) is 43.0 Å². The molecule has 3 amide bonds. The fraction of sp³-hybridized carbons (Fsp3) is 0.281. The van der Waals surface area contributed by atoms with Gasteiger partial charge in [0, 0.05) is 48.4 Å². The molecule has 5 rings (SSSR count). The summed E-state index contributed by atoms with van der Waals surface area (Å²) in [5.41, 5.74) is 9.77. The molecule has 3 aromatic carbocycles. The largest absolute Gasteiger partial charge is 0.368 e. The van der Waals surface area contributed by atoms with Crippen LogP contribution in [0.4, 0.5) is 11.4 Å². The monoisotopic (exact) mass is 522 g/mol. The van der Waals surface area contributed by atoms with E-state index in [1.165, 1.54) is 0 Å². The molecule has 0 radical (unpaired) electrons. The summed E-state index contributed by atoms with van der Waals surface area (Å²) in [6.45, 7) is 1.17. The zero-order valence-electron chi connectivity index (χ0n) is 21.8. The molecule has 1 unspecified atom stereocenters. The lowest BCUT2D eigenvalue weighted by atomic mass is 10.1. The van der Waals surface area contributed by atoms with Crippen molar-refractivity contribution in [1.29, 1.82) is 0 Å². The third kappa shape index (κ3) is 5.78. The van der Waals surface area contributed by atoms with Crippen LogP contribution in [0.25, 0.3) is 0 Å². The number of rotatable bonds is 6. The van der Waals surface area contributed by atoms with E-state index >= 15 is 0 Å². The Morgan fingerprint density at radius 3 is 2.15 bits per heavy atom. The van der Waals surface area contributed by atoms with Crippen LogP contribution in [-0.2, 0) is 25.5 Å². The molecule has 39 heavy (non-hydrogen) atoms. The molecule has 2 fully saturated rings. The number of amides is 3. The van der Waals surface area contributed by atoms with Crippen LogP contribution < -0.4 is 15.5 Å². The van der Waals surface area contributed by atoms with Crippen LogP contribution in [0.15, 0.2) is 78.9 Å². The fourth-order valence-corrected chi connectivity index (χ4v) is 5.53. The number of nitrogens with zero attached hydrogens (tertiary/aromatic N) is 1. The lowest BCUT2D eigenvalue weighted by Crippen LogP contribution is -2.62. The number of likely N-dealkylation sites (tertiary alicyclic amines) is 1. The van der Waals surface area contributed by atoms with Gasteiger partial charge in [-0.3, -0.25) is 9.59 Å². The predicted molar refractivity (Wildman–Crippen MR) is 150 cm³/mol. The highest BCUT2D eigenvalue weighted by molar-refractivity contribution is 5.97. The third-order valence-corrected chi connectivity index (χ3v) is 7.55. The Bertz CT molecular complexity index is 1400. The lowest BCUT2D eigenvalue weighted by Gasteiger charge is -2.35. The van der Waals surface area contributed by atoms with Crippen molar-refractivity contribution >= 4 is 29.1 Å². The Labute approximate surface area is 228 Å². The molecule has 7 heteroatoms. The van der Waals surface area contributed by atoms with Crippen LogP contribution >= 0.6 is 0 Å². The van der Waals surface area contributed by atoms with E-state index in [4.69, 9.17) is 10.5 Å². The molecule has 7 nitrogen and oxygen atoms in total. The zero-order valence-corrected chi connectivity index (χ0v) is 21.8. The Balaban J connectivity index is 1.32. The van der Waals surface area contributed by atoms with Crippen molar-refractivity contribution in [1.82, 2.24) is 4.48 Å². The Morgan fingerprint density at radius 2 is 1.54 bits per heavy atom. The van der Waals surface area contributed by atoms with Gasteiger partial charge in [-0.25, -0.2) is 9.28 Å². The molecule has 0 aliphatic carbocycles. The summed E-state index contributed by atoms with van der Waals surface area (Å²) in [5.74, 6) is 5.70. The summed E-state index contributed by atoms with van der Waals surface area (Å²) in [6, 6.07) is 23.9. The first-order valence-electron chi connectivity index (χ1n) is 13.4. The number of nitrogens with two attached hydrogens (primary N) is 1. The van der Waals surface area contributed by atoms with Gasteiger partial charge in [0.1, 0.15) is 11.8 Å². The smallest absolute Gasteiger partial charge is 0.323 e. The number of ether oxygens (including phenoxy) is 1. The first kappa shape index (κ1) is 26.4. The highest BCUT2D eigenvalue weighted by atomic mass is 16.5. The molecule has 3 aromatic rings. The minimum Gasteiger partial charge on any atom is -0.368 e. The number of benzene rings is 3. The van der Waals surface area contributed by atoms with Gasteiger partial charge in [-0.05, 0) is 54.8 Å². The summed E-state index contributed by atoms with van der Waals surface area (Å²) in [5, 5.41) is 2.88. The zero-order chi connectivity index (χ0) is 27.2. The van der Waals surface area contributed by atoms with Gasteiger partial charge in [0.25, 0.3) is 11.8 Å². The number of hydrogen-bond donors (Lipinski definition) is 2. The van der Waals surface area contributed by atoms with Crippen molar-refractivity contribution in [2.45, 2.75) is 44.2 Å². The maximum absolute atomic E-state index is 13.7. The van der Waals surface area contributed by atoms with Gasteiger partial charge >= 0.3 is 5.91 Å². The molecule has 2 saturated heterocycles. The Morgan fingerprint density at radius 1 is 0.872 bits per heavy atom. The molecule has 3 atom stereocenters. The summed E-state index contributed by atoms with van der Waals surface area (Å²) >= 11 is 0. The maximum atomic E-state index is 13.7. The number of primary amides is 1. The molecule has 3 N–H and O–H groups in total. The van der Waals surface area contributed by atoms with Gasteiger partial charge in [-0.2, -0.15) is 0 Å². The van der Waals surface area contributed by atoms with E-state index in [-0.39, 0.29) is 28.8 Å². The summed E-state index contributed by atoms with van der Waals surface area (Å²) in [7, 11) is 0. The summed E-state index contributed by atoms with van der Waals surface area (Å²) in [6.07, 6.45) is 2.85. The van der Waals surface area contributed by atoms with Crippen LogP contribution in [0.1, 0.15) is 42.4 Å². The Kier molecular flexibility index (Phi) is 7.87. The number of hydrogen-bond acceptors (Lipinski definition) is 4. The first-order valence-corrected chi connectivity index (χ1v) is 13.4. The van der Waals surface area contributed by atoms with Gasteiger partial charge in [0.05, 0.1) is 13.0 Å².